The molecule has 1 fully saturated rings. The Bertz CT molecular complexity index is 942. The molecule has 146 valence electrons. The van der Waals surface area contributed by atoms with Crippen LogP contribution in [0.3, 0.4) is 0 Å². The van der Waals surface area contributed by atoms with Crippen LogP contribution in [0.25, 0.3) is 0 Å². The molecule has 1 saturated heterocycles. The van der Waals surface area contributed by atoms with Crippen molar-refractivity contribution >= 4 is 35.0 Å². The molecule has 2 N–H and O–H groups in total. The van der Waals surface area contributed by atoms with E-state index < -0.39 is 5.91 Å². The zero-order valence-corrected chi connectivity index (χ0v) is 16.7. The summed E-state index contributed by atoms with van der Waals surface area (Å²) in [5, 5.41) is 14.6. The molecule has 2 amide bonds. The van der Waals surface area contributed by atoms with Gasteiger partial charge in [-0.1, -0.05) is 35.3 Å². The largest absolute Gasteiger partial charge is 0.356 e. The summed E-state index contributed by atoms with van der Waals surface area (Å²) in [4.78, 5) is 25.0. The summed E-state index contributed by atoms with van der Waals surface area (Å²) in [5.74, 6) is -0.429. The van der Waals surface area contributed by atoms with Crippen LogP contribution in [0.4, 0.5) is 0 Å². The number of nitrogens with one attached hydrogen (secondary N) is 1. The Kier molecular flexibility index (Phi) is 5.08. The molecule has 4 rings (SSSR count). The molecule has 0 saturated carbocycles. The van der Waals surface area contributed by atoms with Gasteiger partial charge in [0, 0.05) is 27.7 Å². The van der Waals surface area contributed by atoms with Crippen molar-refractivity contribution < 1.29 is 14.8 Å². The van der Waals surface area contributed by atoms with Gasteiger partial charge < -0.3 is 5.32 Å². The summed E-state index contributed by atoms with van der Waals surface area (Å²) in [7, 11) is 0. The van der Waals surface area contributed by atoms with Crippen molar-refractivity contribution in [3.8, 4) is 0 Å². The van der Waals surface area contributed by atoms with Crippen LogP contribution in [-0.4, -0.2) is 28.6 Å². The standard InChI is InChI=1S/C21H20Cl2N2O3/c22-17-2-1-3-18(23)16(17)12-25(28)19(26)14-5-4-13-6-7-21(11-15(13)10-14)8-9-24-20(21)27/h1-5,10,28H,6-9,11-12H2,(H,24,27)/t21-/m1/s1. The summed E-state index contributed by atoms with van der Waals surface area (Å²) in [6, 6.07) is 10.4. The van der Waals surface area contributed by atoms with Gasteiger partial charge in [0.15, 0.2) is 0 Å². The zero-order valence-electron chi connectivity index (χ0n) is 15.2. The lowest BCUT2D eigenvalue weighted by Crippen LogP contribution is -2.36. The molecule has 2 aliphatic rings. The first kappa shape index (κ1) is 19.2. The van der Waals surface area contributed by atoms with Gasteiger partial charge in [0.05, 0.1) is 12.0 Å². The first-order valence-corrected chi connectivity index (χ1v) is 9.99. The first-order valence-electron chi connectivity index (χ1n) is 9.23. The smallest absolute Gasteiger partial charge is 0.277 e. The van der Waals surface area contributed by atoms with Gasteiger partial charge in [-0.3, -0.25) is 14.8 Å². The third-order valence-corrected chi connectivity index (χ3v) is 6.54. The lowest BCUT2D eigenvalue weighted by atomic mass is 9.70. The van der Waals surface area contributed by atoms with Crippen molar-refractivity contribution in [2.45, 2.75) is 32.2 Å². The molecule has 28 heavy (non-hydrogen) atoms. The molecule has 5 nitrogen and oxygen atoms in total. The van der Waals surface area contributed by atoms with Crippen LogP contribution in [0.15, 0.2) is 36.4 Å². The molecule has 1 aliphatic carbocycles. The van der Waals surface area contributed by atoms with E-state index in [9.17, 15) is 14.8 Å². The Morgan fingerprint density at radius 1 is 1.14 bits per heavy atom. The second-order valence-corrected chi connectivity index (χ2v) is 8.32. The number of hydroxylamine groups is 2. The van der Waals surface area contributed by atoms with Gasteiger partial charge in [-0.2, -0.15) is 0 Å². The van der Waals surface area contributed by atoms with E-state index in [2.05, 4.69) is 5.32 Å². The highest BCUT2D eigenvalue weighted by Gasteiger charge is 2.44. The second kappa shape index (κ2) is 7.39. The number of hydrogen-bond donors (Lipinski definition) is 2. The molecule has 1 aliphatic heterocycles. The van der Waals surface area contributed by atoms with E-state index in [4.69, 9.17) is 23.2 Å². The van der Waals surface area contributed by atoms with Crippen LogP contribution in [0.2, 0.25) is 10.0 Å². The highest BCUT2D eigenvalue weighted by atomic mass is 35.5. The van der Waals surface area contributed by atoms with E-state index in [1.54, 1.807) is 30.3 Å². The predicted octanol–water partition coefficient (Wildman–Crippen LogP) is 4.02. The average Bonchev–Trinajstić information content (AvgIpc) is 3.03. The molecule has 0 radical (unpaired) electrons. The van der Waals surface area contributed by atoms with Crippen LogP contribution in [0, 0.1) is 5.41 Å². The maximum Gasteiger partial charge on any atom is 0.277 e. The third kappa shape index (κ3) is 3.39. The number of fused-ring (bicyclic) bond motifs is 1. The van der Waals surface area contributed by atoms with Gasteiger partial charge >= 0.3 is 0 Å². The summed E-state index contributed by atoms with van der Waals surface area (Å²) in [6.45, 7) is 0.594. The van der Waals surface area contributed by atoms with E-state index in [0.717, 1.165) is 30.4 Å². The number of amides is 2. The summed E-state index contributed by atoms with van der Waals surface area (Å²) >= 11 is 12.3. The SMILES string of the molecule is O=C(c1ccc2c(c1)C[C@]1(CCNC1=O)CC2)N(O)Cc1c(Cl)cccc1Cl. The van der Waals surface area contributed by atoms with Gasteiger partial charge in [0.2, 0.25) is 5.91 Å². The molecule has 7 heteroatoms. The number of rotatable bonds is 3. The van der Waals surface area contributed by atoms with Gasteiger partial charge in [0.25, 0.3) is 5.91 Å². The van der Waals surface area contributed by atoms with Gasteiger partial charge in [-0.15, -0.1) is 0 Å². The van der Waals surface area contributed by atoms with E-state index >= 15 is 0 Å². The Hall–Kier alpha value is -2.08. The Labute approximate surface area is 173 Å². The van der Waals surface area contributed by atoms with Crippen LogP contribution < -0.4 is 5.32 Å². The molecule has 1 spiro atoms. The molecular formula is C21H20Cl2N2O3. The molecule has 2 aromatic carbocycles. The Morgan fingerprint density at radius 2 is 1.89 bits per heavy atom. The van der Waals surface area contributed by atoms with Crippen molar-refractivity contribution in [3.05, 3.63) is 68.7 Å². The molecular weight excluding hydrogens is 399 g/mol. The molecule has 2 aromatic rings. The summed E-state index contributed by atoms with van der Waals surface area (Å²) in [6.07, 6.45) is 3.09. The minimum Gasteiger partial charge on any atom is -0.356 e. The lowest BCUT2D eigenvalue weighted by molar-refractivity contribution is -0.128. The number of benzene rings is 2. The first-order chi connectivity index (χ1) is 13.4. The quantitative estimate of drug-likeness (QED) is 0.583. The minimum atomic E-state index is -0.533. The van der Waals surface area contributed by atoms with Crippen LogP contribution in [0.1, 0.15) is 39.9 Å². The van der Waals surface area contributed by atoms with Crippen molar-refractivity contribution in [3.63, 3.8) is 0 Å². The van der Waals surface area contributed by atoms with Crippen LogP contribution in [0.5, 0.6) is 0 Å². The van der Waals surface area contributed by atoms with E-state index in [1.807, 2.05) is 6.07 Å². The normalized spacial score (nSPS) is 20.8. The lowest BCUT2D eigenvalue weighted by Gasteiger charge is -2.32. The molecule has 0 unspecified atom stereocenters. The van der Waals surface area contributed by atoms with Crippen LogP contribution in [-0.2, 0) is 24.2 Å². The summed E-state index contributed by atoms with van der Waals surface area (Å²) in [5.41, 5.74) is 2.65. The Balaban J connectivity index is 1.56. The number of carbonyl (C=O) groups is 2. The molecule has 0 bridgehead atoms. The van der Waals surface area contributed by atoms with Gasteiger partial charge in [-0.25, -0.2) is 5.06 Å². The average molecular weight is 419 g/mol. The van der Waals surface area contributed by atoms with Crippen molar-refractivity contribution in [1.82, 2.24) is 10.4 Å². The number of hydrogen-bond acceptors (Lipinski definition) is 3. The molecule has 1 atom stereocenters. The highest BCUT2D eigenvalue weighted by Crippen LogP contribution is 2.41. The fourth-order valence-electron chi connectivity index (χ4n) is 4.17. The van der Waals surface area contributed by atoms with E-state index in [1.165, 1.54) is 0 Å². The summed E-state index contributed by atoms with van der Waals surface area (Å²) < 4.78 is 0. The van der Waals surface area contributed by atoms with Gasteiger partial charge in [-0.05, 0) is 61.1 Å². The maximum absolute atomic E-state index is 12.7. The van der Waals surface area contributed by atoms with Crippen LogP contribution >= 0.6 is 23.2 Å². The van der Waals surface area contributed by atoms with Crippen molar-refractivity contribution in [1.29, 1.82) is 0 Å². The fraction of sp³-hybridized carbons (Fsp3) is 0.333. The van der Waals surface area contributed by atoms with Gasteiger partial charge in [0.1, 0.15) is 0 Å². The number of aryl methyl sites for hydroxylation is 1. The minimum absolute atomic E-state index is 0.104. The monoisotopic (exact) mass is 418 g/mol. The molecule has 0 aromatic heterocycles. The number of halogens is 2. The van der Waals surface area contributed by atoms with Crippen molar-refractivity contribution in [2.24, 2.45) is 5.41 Å². The second-order valence-electron chi connectivity index (χ2n) is 7.51. The Morgan fingerprint density at radius 3 is 2.57 bits per heavy atom. The zero-order chi connectivity index (χ0) is 19.9. The number of carbonyl (C=O) groups excluding carboxylic acids is 2. The van der Waals surface area contributed by atoms with E-state index in [-0.39, 0.29) is 17.9 Å². The van der Waals surface area contributed by atoms with Crippen molar-refractivity contribution in [2.75, 3.05) is 6.54 Å². The highest BCUT2D eigenvalue weighted by molar-refractivity contribution is 6.36. The topological polar surface area (TPSA) is 69.6 Å². The predicted molar refractivity (Wildman–Crippen MR) is 107 cm³/mol. The maximum atomic E-state index is 12.7. The third-order valence-electron chi connectivity index (χ3n) is 5.83. The van der Waals surface area contributed by atoms with E-state index in [0.29, 0.717) is 39.2 Å². The molecule has 1 heterocycles. The number of nitrogens with zero attached hydrogens (tertiary/aromatic N) is 1. The fourth-order valence-corrected chi connectivity index (χ4v) is 4.69.